The molecule has 0 spiro atoms. The van der Waals surface area contributed by atoms with Gasteiger partial charge in [-0.2, -0.15) is 0 Å². The summed E-state index contributed by atoms with van der Waals surface area (Å²) in [5.74, 6) is 0.0227. The third-order valence-corrected chi connectivity index (χ3v) is 5.81. The number of phenolic OH excluding ortho intramolecular Hbond substituents is 1. The Bertz CT molecular complexity index is 1110. The number of anilines is 1. The molecule has 0 aliphatic rings. The van der Waals surface area contributed by atoms with Gasteiger partial charge in [-0.1, -0.05) is 40.2 Å². The number of ketones is 1. The Morgan fingerprint density at radius 2 is 1.69 bits per heavy atom. The molecule has 6 nitrogen and oxygen atoms in total. The van der Waals surface area contributed by atoms with Gasteiger partial charge >= 0.3 is 0 Å². The van der Waals surface area contributed by atoms with E-state index in [1.54, 1.807) is 54.6 Å². The van der Waals surface area contributed by atoms with Gasteiger partial charge in [0.25, 0.3) is 0 Å². The number of primary sulfonamides is 1. The second-order valence-electron chi connectivity index (χ2n) is 6.50. The van der Waals surface area contributed by atoms with Crippen LogP contribution in [0.15, 0.2) is 82.2 Å². The van der Waals surface area contributed by atoms with Crippen molar-refractivity contribution in [3.05, 3.63) is 88.4 Å². The van der Waals surface area contributed by atoms with Crippen LogP contribution in [-0.2, 0) is 10.0 Å². The number of hydrogen-bond acceptors (Lipinski definition) is 5. The van der Waals surface area contributed by atoms with Gasteiger partial charge < -0.3 is 10.4 Å². The molecule has 3 aromatic carbocycles. The fourth-order valence-electron chi connectivity index (χ4n) is 2.87. The summed E-state index contributed by atoms with van der Waals surface area (Å²) in [7, 11) is -3.78. The molecule has 0 saturated heterocycles. The lowest BCUT2D eigenvalue weighted by Crippen LogP contribution is -2.16. The second kappa shape index (κ2) is 8.77. The number of rotatable bonds is 7. The molecule has 0 fully saturated rings. The average Bonchev–Trinajstić information content (AvgIpc) is 2.67. The topological polar surface area (TPSA) is 109 Å². The lowest BCUT2D eigenvalue weighted by molar-refractivity contribution is 0.0976. The third kappa shape index (κ3) is 5.66. The van der Waals surface area contributed by atoms with Gasteiger partial charge in [0.15, 0.2) is 5.78 Å². The van der Waals surface area contributed by atoms with E-state index in [4.69, 9.17) is 5.14 Å². The molecule has 150 valence electrons. The van der Waals surface area contributed by atoms with Crippen LogP contribution in [0.4, 0.5) is 5.69 Å². The van der Waals surface area contributed by atoms with Crippen LogP contribution in [-0.4, -0.2) is 19.3 Å². The number of carbonyl (C=O) groups excluding carboxylic acids is 1. The van der Waals surface area contributed by atoms with E-state index in [-0.39, 0.29) is 22.8 Å². The Balaban J connectivity index is 1.87. The first kappa shape index (κ1) is 21.0. The molecule has 0 aliphatic heterocycles. The Morgan fingerprint density at radius 1 is 1.03 bits per heavy atom. The van der Waals surface area contributed by atoms with Gasteiger partial charge in [-0.15, -0.1) is 0 Å². The number of sulfonamides is 1. The zero-order valence-electron chi connectivity index (χ0n) is 15.2. The second-order valence-corrected chi connectivity index (χ2v) is 8.97. The molecule has 1 atom stereocenters. The Morgan fingerprint density at radius 3 is 2.28 bits per heavy atom. The van der Waals surface area contributed by atoms with Gasteiger partial charge in [-0.25, -0.2) is 13.6 Å². The van der Waals surface area contributed by atoms with Crippen molar-refractivity contribution in [2.24, 2.45) is 5.14 Å². The maximum absolute atomic E-state index is 12.8. The van der Waals surface area contributed by atoms with Crippen LogP contribution in [0, 0.1) is 0 Å². The van der Waals surface area contributed by atoms with E-state index >= 15 is 0 Å². The lowest BCUT2D eigenvalue weighted by Gasteiger charge is -2.20. The maximum atomic E-state index is 12.8. The van der Waals surface area contributed by atoms with E-state index in [2.05, 4.69) is 21.2 Å². The van der Waals surface area contributed by atoms with Gasteiger partial charge in [0.1, 0.15) is 5.75 Å². The van der Waals surface area contributed by atoms with E-state index in [9.17, 15) is 18.3 Å². The molecular formula is C21H19BrN2O4S. The molecule has 29 heavy (non-hydrogen) atoms. The van der Waals surface area contributed by atoms with Crippen LogP contribution >= 0.6 is 15.9 Å². The number of phenols is 1. The Hall–Kier alpha value is -2.68. The van der Waals surface area contributed by atoms with Crippen molar-refractivity contribution in [2.75, 3.05) is 5.32 Å². The normalized spacial score (nSPS) is 12.3. The molecule has 3 aromatic rings. The Kier molecular flexibility index (Phi) is 6.36. The van der Waals surface area contributed by atoms with Gasteiger partial charge in [0, 0.05) is 22.1 Å². The van der Waals surface area contributed by atoms with Crippen LogP contribution in [0.2, 0.25) is 0 Å². The van der Waals surface area contributed by atoms with Gasteiger partial charge in [-0.05, 0) is 54.1 Å². The van der Waals surface area contributed by atoms with Crippen molar-refractivity contribution in [3.63, 3.8) is 0 Å². The van der Waals surface area contributed by atoms with Crippen molar-refractivity contribution < 1.29 is 18.3 Å². The lowest BCUT2D eigenvalue weighted by atomic mass is 9.97. The van der Waals surface area contributed by atoms with Crippen LogP contribution in [0.5, 0.6) is 5.75 Å². The molecule has 4 N–H and O–H groups in total. The smallest absolute Gasteiger partial charge is 0.238 e. The number of nitrogens with one attached hydrogen (secondary N) is 1. The zero-order valence-corrected chi connectivity index (χ0v) is 17.7. The standard InChI is InChI=1S/C21H19BrN2O4S/c22-16-6-4-14(5-7-16)21(26)13-20(15-2-1-3-18(25)12-15)24-17-8-10-19(11-9-17)29(23,27)28/h1-12,20,24-25H,13H2,(H2,23,27,28). The molecule has 0 saturated carbocycles. The fraction of sp³-hybridized carbons (Fsp3) is 0.0952. The van der Waals surface area contributed by atoms with E-state index < -0.39 is 16.1 Å². The number of aromatic hydroxyl groups is 1. The highest BCUT2D eigenvalue weighted by atomic mass is 79.9. The first-order chi connectivity index (χ1) is 13.7. The molecule has 0 radical (unpaired) electrons. The number of hydrogen-bond donors (Lipinski definition) is 3. The quantitative estimate of drug-likeness (QED) is 0.443. The highest BCUT2D eigenvalue weighted by Gasteiger charge is 2.18. The number of carbonyl (C=O) groups is 1. The highest BCUT2D eigenvalue weighted by molar-refractivity contribution is 9.10. The fourth-order valence-corrected chi connectivity index (χ4v) is 3.65. The summed E-state index contributed by atoms with van der Waals surface area (Å²) in [5, 5.41) is 18.2. The molecule has 1 unspecified atom stereocenters. The molecular weight excluding hydrogens is 456 g/mol. The van der Waals surface area contributed by atoms with Gasteiger partial charge in [0.05, 0.1) is 10.9 Å². The minimum absolute atomic E-state index is 0.00268. The minimum atomic E-state index is -3.78. The predicted octanol–water partition coefficient (Wildman–Crippen LogP) is 4.23. The summed E-state index contributed by atoms with van der Waals surface area (Å²) >= 11 is 3.35. The number of Topliss-reactive ketones (excluding diaryl/α,β-unsaturated/α-hetero) is 1. The van der Waals surface area contributed by atoms with Gasteiger partial charge in [0.2, 0.25) is 10.0 Å². The van der Waals surface area contributed by atoms with Crippen molar-refractivity contribution in [3.8, 4) is 5.75 Å². The maximum Gasteiger partial charge on any atom is 0.238 e. The first-order valence-electron chi connectivity index (χ1n) is 8.69. The molecule has 0 bridgehead atoms. The van der Waals surface area contributed by atoms with Crippen LogP contribution in [0.25, 0.3) is 0 Å². The third-order valence-electron chi connectivity index (χ3n) is 4.35. The summed E-state index contributed by atoms with van der Waals surface area (Å²) in [6.45, 7) is 0. The molecule has 0 aliphatic carbocycles. The predicted molar refractivity (Wildman–Crippen MR) is 115 cm³/mol. The zero-order chi connectivity index (χ0) is 21.0. The molecule has 0 amide bonds. The van der Waals surface area contributed by atoms with Crippen LogP contribution < -0.4 is 10.5 Å². The van der Waals surface area contributed by atoms with Crippen molar-refractivity contribution in [1.29, 1.82) is 0 Å². The summed E-state index contributed by atoms with van der Waals surface area (Å²) in [6, 6.07) is 19.3. The van der Waals surface area contributed by atoms with E-state index in [1.807, 2.05) is 6.07 Å². The van der Waals surface area contributed by atoms with E-state index in [0.717, 1.165) is 10.0 Å². The summed E-state index contributed by atoms with van der Waals surface area (Å²) in [6.07, 6.45) is 0.141. The highest BCUT2D eigenvalue weighted by Crippen LogP contribution is 2.27. The first-order valence-corrected chi connectivity index (χ1v) is 11.0. The van der Waals surface area contributed by atoms with E-state index in [0.29, 0.717) is 11.3 Å². The van der Waals surface area contributed by atoms with Crippen LogP contribution in [0.1, 0.15) is 28.4 Å². The van der Waals surface area contributed by atoms with Crippen molar-refractivity contribution in [2.45, 2.75) is 17.4 Å². The number of halogens is 1. The van der Waals surface area contributed by atoms with Crippen LogP contribution in [0.3, 0.4) is 0 Å². The minimum Gasteiger partial charge on any atom is -0.508 e. The number of nitrogens with two attached hydrogens (primary N) is 1. The molecule has 0 aromatic heterocycles. The molecule has 8 heteroatoms. The summed E-state index contributed by atoms with van der Waals surface area (Å²) < 4.78 is 23.7. The van der Waals surface area contributed by atoms with Gasteiger partial charge in [-0.3, -0.25) is 4.79 Å². The average molecular weight is 475 g/mol. The summed E-state index contributed by atoms with van der Waals surface area (Å²) in [5.41, 5.74) is 1.92. The number of benzene rings is 3. The summed E-state index contributed by atoms with van der Waals surface area (Å²) in [4.78, 5) is 12.8. The molecule has 0 heterocycles. The SMILES string of the molecule is NS(=O)(=O)c1ccc(NC(CC(=O)c2ccc(Br)cc2)c2cccc(O)c2)cc1. The van der Waals surface area contributed by atoms with E-state index in [1.165, 1.54) is 12.1 Å². The van der Waals surface area contributed by atoms with Crippen molar-refractivity contribution >= 4 is 37.4 Å². The molecule has 3 rings (SSSR count). The monoisotopic (exact) mass is 474 g/mol. The Labute approximate surface area is 177 Å². The largest absolute Gasteiger partial charge is 0.508 e. The van der Waals surface area contributed by atoms with Crippen molar-refractivity contribution in [1.82, 2.24) is 0 Å².